The Labute approximate surface area is 172 Å². The normalized spacial score (nSPS) is 22.1. The number of aliphatic carboxylic acids is 1. The lowest BCUT2D eigenvalue weighted by molar-refractivity contribution is -0.135. The van der Waals surface area contributed by atoms with Crippen molar-refractivity contribution in [3.63, 3.8) is 0 Å². The number of halogens is 1. The monoisotopic (exact) mass is 427 g/mol. The Kier molecular flexibility index (Phi) is 6.76. The lowest BCUT2D eigenvalue weighted by atomic mass is 9.75. The van der Waals surface area contributed by atoms with Crippen LogP contribution in [0.2, 0.25) is 5.02 Å². The van der Waals surface area contributed by atoms with E-state index in [-0.39, 0.29) is 46.6 Å². The molecule has 10 heteroatoms. The van der Waals surface area contributed by atoms with E-state index in [1.165, 1.54) is 33.5 Å². The van der Waals surface area contributed by atoms with Gasteiger partial charge in [0.05, 0.1) is 27.9 Å². The molecule has 1 aliphatic heterocycles. The summed E-state index contributed by atoms with van der Waals surface area (Å²) in [4.78, 5) is 34.4. The summed E-state index contributed by atoms with van der Waals surface area (Å²) < 4.78 is 21.9. The average Bonchev–Trinajstić information content (AvgIpc) is 3.00. The van der Waals surface area contributed by atoms with Crippen LogP contribution in [0.15, 0.2) is 17.9 Å². The summed E-state index contributed by atoms with van der Waals surface area (Å²) in [5.74, 6) is -0.861. The maximum Gasteiger partial charge on any atom is 0.317 e. The Morgan fingerprint density at radius 3 is 2.34 bits per heavy atom. The minimum atomic E-state index is -1.42. The van der Waals surface area contributed by atoms with Crippen LogP contribution in [0.4, 0.5) is 0 Å². The zero-order chi connectivity index (χ0) is 21.9. The summed E-state index contributed by atoms with van der Waals surface area (Å²) in [7, 11) is 4.31. The van der Waals surface area contributed by atoms with Crippen LogP contribution in [0.25, 0.3) is 0 Å². The number of fused-ring (bicyclic) bond motifs is 1. The van der Waals surface area contributed by atoms with E-state index in [0.717, 1.165) is 0 Å². The van der Waals surface area contributed by atoms with E-state index < -0.39 is 17.5 Å². The molecule has 0 bridgehead atoms. The molecule has 3 N–H and O–H groups in total. The van der Waals surface area contributed by atoms with Crippen LogP contribution < -0.4 is 19.9 Å². The summed E-state index contributed by atoms with van der Waals surface area (Å²) >= 11 is 6.33. The summed E-state index contributed by atoms with van der Waals surface area (Å²) in [5.41, 5.74) is 3.38. The molecule has 0 saturated carbocycles. The highest BCUT2D eigenvalue weighted by Crippen LogP contribution is 2.54. The standard InChI is InChI=1S/C17H17ClO6.C2H5NO2/c1-8-5-9(19)6-12(23-4)17(8)16(20)13-10(21-2)7-11(22-3)14(18)15(13)24-17;3-1-2(4)5/h6-8H,5H2,1-4H3;1,3H2,(H,4,5)/t8-,17+;/m1./s1. The fraction of sp³-hybridized carbons (Fsp3) is 0.421. The number of ether oxygens (including phenoxy) is 4. The minimum absolute atomic E-state index is 0.118. The molecule has 2 aliphatic rings. The number of carbonyl (C=O) groups excluding carboxylic acids is 2. The van der Waals surface area contributed by atoms with E-state index in [0.29, 0.717) is 11.5 Å². The first-order valence-electron chi connectivity index (χ1n) is 8.56. The van der Waals surface area contributed by atoms with Gasteiger partial charge < -0.3 is 29.8 Å². The molecule has 9 nitrogen and oxygen atoms in total. The molecule has 0 fully saturated rings. The van der Waals surface area contributed by atoms with Crippen molar-refractivity contribution in [3.05, 3.63) is 28.5 Å². The second-order valence-electron chi connectivity index (χ2n) is 6.35. The first-order valence-corrected chi connectivity index (χ1v) is 8.94. The summed E-state index contributed by atoms with van der Waals surface area (Å²) in [6, 6.07) is 1.54. The zero-order valence-corrected chi connectivity index (χ0v) is 17.2. The Morgan fingerprint density at radius 1 is 1.28 bits per heavy atom. The van der Waals surface area contributed by atoms with Gasteiger partial charge in [0.2, 0.25) is 11.4 Å². The number of nitrogens with two attached hydrogens (primary N) is 1. The highest BCUT2D eigenvalue weighted by atomic mass is 35.5. The molecule has 2 atom stereocenters. The van der Waals surface area contributed by atoms with Crippen LogP contribution in [-0.2, 0) is 14.3 Å². The molecule has 0 saturated heterocycles. The number of Topliss-reactive ketones (excluding diaryl/α,β-unsaturated/α-hetero) is 1. The molecule has 3 rings (SSSR count). The fourth-order valence-corrected chi connectivity index (χ4v) is 3.56. The van der Waals surface area contributed by atoms with Crippen molar-refractivity contribution in [2.75, 3.05) is 27.9 Å². The van der Waals surface area contributed by atoms with Crippen molar-refractivity contribution in [3.8, 4) is 17.2 Å². The summed E-state index contributed by atoms with van der Waals surface area (Å²) in [5, 5.41) is 7.78. The van der Waals surface area contributed by atoms with Gasteiger partial charge in [-0.3, -0.25) is 14.4 Å². The van der Waals surface area contributed by atoms with E-state index in [9.17, 15) is 14.4 Å². The number of hydrogen-bond acceptors (Lipinski definition) is 8. The highest BCUT2D eigenvalue weighted by molar-refractivity contribution is 6.35. The van der Waals surface area contributed by atoms with Crippen LogP contribution in [0.1, 0.15) is 23.7 Å². The zero-order valence-electron chi connectivity index (χ0n) is 16.4. The molecule has 1 aromatic carbocycles. The molecule has 0 unspecified atom stereocenters. The number of benzene rings is 1. The van der Waals surface area contributed by atoms with Crippen molar-refractivity contribution in [2.45, 2.75) is 18.9 Å². The third kappa shape index (κ3) is 3.75. The van der Waals surface area contributed by atoms with Gasteiger partial charge in [-0.25, -0.2) is 0 Å². The van der Waals surface area contributed by atoms with Gasteiger partial charge in [0.25, 0.3) is 0 Å². The Morgan fingerprint density at radius 2 is 1.86 bits per heavy atom. The van der Waals surface area contributed by atoms with Gasteiger partial charge in [-0.15, -0.1) is 0 Å². The highest BCUT2D eigenvalue weighted by Gasteiger charge is 2.59. The number of carboxylic acids is 1. The molecular weight excluding hydrogens is 406 g/mol. The molecule has 1 heterocycles. The number of allylic oxidation sites excluding steroid dienone is 1. The van der Waals surface area contributed by atoms with E-state index in [2.05, 4.69) is 5.73 Å². The first kappa shape index (κ1) is 22.5. The molecule has 1 aliphatic carbocycles. The first-order chi connectivity index (χ1) is 13.7. The predicted molar refractivity (Wildman–Crippen MR) is 103 cm³/mol. The third-order valence-electron chi connectivity index (χ3n) is 4.67. The van der Waals surface area contributed by atoms with Crippen molar-refractivity contribution >= 4 is 29.1 Å². The molecule has 0 aromatic heterocycles. The van der Waals surface area contributed by atoms with E-state index in [1.807, 2.05) is 0 Å². The maximum atomic E-state index is 13.3. The number of carboxylic acid groups (broad SMARTS) is 1. The van der Waals surface area contributed by atoms with Crippen molar-refractivity contribution in [1.82, 2.24) is 0 Å². The number of rotatable bonds is 4. The van der Waals surface area contributed by atoms with Crippen LogP contribution in [0.3, 0.4) is 0 Å². The van der Waals surface area contributed by atoms with Gasteiger partial charge in [-0.05, 0) is 0 Å². The SMILES string of the molecule is COC1=CC(=O)C[C@@H](C)[C@]12Oc1c(Cl)c(OC)cc(OC)c1C2=O.NCC(=O)O. The van der Waals surface area contributed by atoms with Crippen molar-refractivity contribution < 1.29 is 38.4 Å². The number of carbonyl (C=O) groups is 3. The van der Waals surface area contributed by atoms with E-state index >= 15 is 0 Å². The topological polar surface area (TPSA) is 134 Å². The van der Waals surface area contributed by atoms with E-state index in [1.54, 1.807) is 6.92 Å². The molecule has 0 radical (unpaired) electrons. The predicted octanol–water partition coefficient (Wildman–Crippen LogP) is 1.84. The summed E-state index contributed by atoms with van der Waals surface area (Å²) in [6.07, 6.45) is 1.48. The van der Waals surface area contributed by atoms with Crippen LogP contribution in [0.5, 0.6) is 17.2 Å². The summed E-state index contributed by atoms with van der Waals surface area (Å²) in [6.45, 7) is 1.49. The second-order valence-corrected chi connectivity index (χ2v) is 6.73. The van der Waals surface area contributed by atoms with Crippen LogP contribution >= 0.6 is 11.6 Å². The van der Waals surface area contributed by atoms with Gasteiger partial charge in [0.15, 0.2) is 17.3 Å². The quantitative estimate of drug-likeness (QED) is 0.737. The molecule has 158 valence electrons. The number of hydrogen-bond donors (Lipinski definition) is 2. The van der Waals surface area contributed by atoms with Crippen molar-refractivity contribution in [2.24, 2.45) is 11.7 Å². The number of methoxy groups -OCH3 is 3. The van der Waals surface area contributed by atoms with Crippen LogP contribution in [0, 0.1) is 5.92 Å². The molecule has 1 aromatic rings. The van der Waals surface area contributed by atoms with Crippen LogP contribution in [-0.4, -0.2) is 56.1 Å². The van der Waals surface area contributed by atoms with Gasteiger partial charge >= 0.3 is 5.97 Å². The Hall–Kier alpha value is -2.78. The lowest BCUT2D eigenvalue weighted by Crippen LogP contribution is -2.51. The number of ketones is 2. The average molecular weight is 428 g/mol. The second kappa shape index (κ2) is 8.71. The Balaban J connectivity index is 0.000000537. The molecular formula is C19H22ClNO8. The largest absolute Gasteiger partial charge is 0.496 e. The Bertz CT molecular complexity index is 881. The molecule has 1 spiro atoms. The molecule has 0 amide bonds. The van der Waals surface area contributed by atoms with E-state index in [4.69, 9.17) is 35.7 Å². The smallest absolute Gasteiger partial charge is 0.317 e. The van der Waals surface area contributed by atoms with Gasteiger partial charge in [0, 0.05) is 24.5 Å². The lowest BCUT2D eigenvalue weighted by Gasteiger charge is -2.36. The third-order valence-corrected chi connectivity index (χ3v) is 5.03. The van der Waals surface area contributed by atoms with Gasteiger partial charge in [-0.2, -0.15) is 0 Å². The van der Waals surface area contributed by atoms with Gasteiger partial charge in [0.1, 0.15) is 22.1 Å². The molecule has 29 heavy (non-hydrogen) atoms. The van der Waals surface area contributed by atoms with Crippen molar-refractivity contribution in [1.29, 1.82) is 0 Å². The van der Waals surface area contributed by atoms with Gasteiger partial charge in [-0.1, -0.05) is 18.5 Å². The maximum absolute atomic E-state index is 13.3. The fourth-order valence-electron chi connectivity index (χ4n) is 3.30. The minimum Gasteiger partial charge on any atom is -0.496 e.